The highest BCUT2D eigenvalue weighted by Gasteiger charge is 2.29. The van der Waals surface area contributed by atoms with Crippen LogP contribution in [0.1, 0.15) is 42.7 Å². The number of piperidine rings is 2. The van der Waals surface area contributed by atoms with Gasteiger partial charge >= 0.3 is 0 Å². The lowest BCUT2D eigenvalue weighted by Crippen LogP contribution is -2.39. The van der Waals surface area contributed by atoms with Crippen LogP contribution in [0.5, 0.6) is 5.75 Å². The van der Waals surface area contributed by atoms with Gasteiger partial charge in [0.2, 0.25) is 11.8 Å². The summed E-state index contributed by atoms with van der Waals surface area (Å²) in [6.45, 7) is 3.96. The van der Waals surface area contributed by atoms with Gasteiger partial charge in [-0.3, -0.25) is 14.9 Å². The fourth-order valence-electron chi connectivity index (χ4n) is 3.16. The number of ether oxygens (including phenoxy) is 1. The van der Waals surface area contributed by atoms with Crippen LogP contribution in [-0.2, 0) is 9.59 Å². The van der Waals surface area contributed by atoms with Gasteiger partial charge in [0, 0.05) is 6.42 Å². The third-order valence-corrected chi connectivity index (χ3v) is 4.45. The van der Waals surface area contributed by atoms with E-state index in [1.165, 1.54) is 0 Å². The summed E-state index contributed by atoms with van der Waals surface area (Å²) in [7, 11) is 0. The molecular formula is C17H22N2O3. The van der Waals surface area contributed by atoms with Crippen molar-refractivity contribution in [3.05, 3.63) is 29.3 Å². The molecule has 2 heterocycles. The van der Waals surface area contributed by atoms with E-state index in [1.807, 2.05) is 25.1 Å². The molecule has 1 aromatic carbocycles. The molecule has 0 spiro atoms. The van der Waals surface area contributed by atoms with Crippen molar-refractivity contribution < 1.29 is 14.3 Å². The van der Waals surface area contributed by atoms with Crippen molar-refractivity contribution in [1.82, 2.24) is 10.6 Å². The summed E-state index contributed by atoms with van der Waals surface area (Å²) in [5.74, 6) is 0.186. The summed E-state index contributed by atoms with van der Waals surface area (Å²) in [6, 6.07) is 5.93. The average Bonchev–Trinajstić information content (AvgIpc) is 2.51. The first-order chi connectivity index (χ1) is 10.6. The lowest BCUT2D eigenvalue weighted by Gasteiger charge is -2.26. The van der Waals surface area contributed by atoms with E-state index in [2.05, 4.69) is 10.6 Å². The van der Waals surface area contributed by atoms with E-state index < -0.39 is 0 Å². The van der Waals surface area contributed by atoms with Crippen LogP contribution in [0.2, 0.25) is 0 Å². The summed E-state index contributed by atoms with van der Waals surface area (Å²) in [4.78, 5) is 23.4. The average molecular weight is 302 g/mol. The maximum absolute atomic E-state index is 12.1. The van der Waals surface area contributed by atoms with Crippen molar-refractivity contribution in [2.75, 3.05) is 13.1 Å². The Morgan fingerprint density at radius 2 is 1.91 bits per heavy atom. The molecular weight excluding hydrogens is 280 g/mol. The van der Waals surface area contributed by atoms with Crippen LogP contribution < -0.4 is 15.4 Å². The molecule has 5 heteroatoms. The van der Waals surface area contributed by atoms with E-state index in [0.717, 1.165) is 42.8 Å². The molecule has 1 aromatic rings. The number of hydrogen-bond acceptors (Lipinski definition) is 4. The van der Waals surface area contributed by atoms with Gasteiger partial charge in [0.1, 0.15) is 11.9 Å². The number of benzene rings is 1. The smallest absolute Gasteiger partial charge is 0.234 e. The molecule has 2 aliphatic rings. The van der Waals surface area contributed by atoms with Gasteiger partial charge < -0.3 is 10.1 Å². The third-order valence-electron chi connectivity index (χ3n) is 4.45. The summed E-state index contributed by atoms with van der Waals surface area (Å²) in [5.41, 5.74) is 2.03. The summed E-state index contributed by atoms with van der Waals surface area (Å²) in [5, 5.41) is 5.75. The number of carbonyl (C=O) groups excluding carboxylic acids is 2. The zero-order chi connectivity index (χ0) is 15.5. The van der Waals surface area contributed by atoms with Gasteiger partial charge in [-0.25, -0.2) is 0 Å². The number of hydrogen-bond donors (Lipinski definition) is 2. The molecule has 0 bridgehead atoms. The molecule has 2 fully saturated rings. The van der Waals surface area contributed by atoms with Gasteiger partial charge in [-0.15, -0.1) is 0 Å². The lowest BCUT2D eigenvalue weighted by atomic mass is 9.87. The predicted octanol–water partition coefficient (Wildman–Crippen LogP) is 1.65. The van der Waals surface area contributed by atoms with Crippen molar-refractivity contribution >= 4 is 11.8 Å². The highest BCUT2D eigenvalue weighted by molar-refractivity contribution is 6.01. The van der Waals surface area contributed by atoms with E-state index in [9.17, 15) is 9.59 Å². The maximum Gasteiger partial charge on any atom is 0.234 e. The standard InChI is InChI=1S/C17H22N2O3/c1-11-2-3-13(22-12-6-8-18-9-7-12)10-15(11)14-4-5-16(20)19-17(14)21/h2-3,10,12,14,18H,4-9H2,1H3,(H,19,20,21). The molecule has 5 nitrogen and oxygen atoms in total. The summed E-state index contributed by atoms with van der Waals surface area (Å²) in [6.07, 6.45) is 3.21. The van der Waals surface area contributed by atoms with Crippen molar-refractivity contribution in [2.45, 2.75) is 44.6 Å². The molecule has 118 valence electrons. The third kappa shape index (κ3) is 3.30. The second-order valence-corrected chi connectivity index (χ2v) is 6.09. The molecule has 2 aliphatic heterocycles. The van der Waals surface area contributed by atoms with Crippen molar-refractivity contribution in [3.63, 3.8) is 0 Å². The monoisotopic (exact) mass is 302 g/mol. The van der Waals surface area contributed by atoms with Crippen LogP contribution in [0.15, 0.2) is 18.2 Å². The molecule has 0 aliphatic carbocycles. The molecule has 2 N–H and O–H groups in total. The first-order valence-corrected chi connectivity index (χ1v) is 7.95. The fraction of sp³-hybridized carbons (Fsp3) is 0.529. The Balaban J connectivity index is 1.77. The zero-order valence-electron chi connectivity index (χ0n) is 12.9. The lowest BCUT2D eigenvalue weighted by molar-refractivity contribution is -0.134. The highest BCUT2D eigenvalue weighted by atomic mass is 16.5. The molecule has 2 saturated heterocycles. The van der Waals surface area contributed by atoms with Gasteiger partial charge in [0.05, 0.1) is 5.92 Å². The normalized spacial score (nSPS) is 23.2. The Labute approximate surface area is 130 Å². The number of nitrogens with one attached hydrogen (secondary N) is 2. The second kappa shape index (κ2) is 6.48. The van der Waals surface area contributed by atoms with E-state index >= 15 is 0 Å². The number of amides is 2. The van der Waals surface area contributed by atoms with Crippen LogP contribution >= 0.6 is 0 Å². The van der Waals surface area contributed by atoms with Crippen LogP contribution in [-0.4, -0.2) is 31.0 Å². The first-order valence-electron chi connectivity index (χ1n) is 7.95. The van der Waals surface area contributed by atoms with Crippen molar-refractivity contribution in [1.29, 1.82) is 0 Å². The van der Waals surface area contributed by atoms with Crippen LogP contribution in [0.3, 0.4) is 0 Å². The first kappa shape index (κ1) is 15.0. The predicted molar refractivity (Wildman–Crippen MR) is 82.8 cm³/mol. The van der Waals surface area contributed by atoms with Crippen molar-refractivity contribution in [3.8, 4) is 5.75 Å². The number of rotatable bonds is 3. The van der Waals surface area contributed by atoms with Crippen molar-refractivity contribution in [2.24, 2.45) is 0 Å². The number of carbonyl (C=O) groups is 2. The Morgan fingerprint density at radius 1 is 1.14 bits per heavy atom. The number of aryl methyl sites for hydroxylation is 1. The fourth-order valence-corrected chi connectivity index (χ4v) is 3.16. The number of imide groups is 1. The summed E-state index contributed by atoms with van der Waals surface area (Å²) < 4.78 is 6.06. The quantitative estimate of drug-likeness (QED) is 0.833. The van der Waals surface area contributed by atoms with Crippen LogP contribution in [0.25, 0.3) is 0 Å². The van der Waals surface area contributed by atoms with Crippen LogP contribution in [0.4, 0.5) is 0 Å². The minimum Gasteiger partial charge on any atom is -0.490 e. The van der Waals surface area contributed by atoms with Gasteiger partial charge in [0.25, 0.3) is 0 Å². The Morgan fingerprint density at radius 3 is 2.64 bits per heavy atom. The van der Waals surface area contributed by atoms with E-state index in [-0.39, 0.29) is 23.8 Å². The Hall–Kier alpha value is -1.88. The minimum absolute atomic E-state index is 0.180. The molecule has 0 radical (unpaired) electrons. The van der Waals surface area contributed by atoms with E-state index in [0.29, 0.717) is 12.8 Å². The van der Waals surface area contributed by atoms with Gasteiger partial charge in [-0.05, 0) is 62.5 Å². The summed E-state index contributed by atoms with van der Waals surface area (Å²) >= 11 is 0. The van der Waals surface area contributed by atoms with E-state index in [4.69, 9.17) is 4.74 Å². The largest absolute Gasteiger partial charge is 0.490 e. The Kier molecular flexibility index (Phi) is 4.43. The maximum atomic E-state index is 12.1. The van der Waals surface area contributed by atoms with Crippen LogP contribution in [0, 0.1) is 6.92 Å². The molecule has 1 unspecified atom stereocenters. The Bertz CT molecular complexity index is 579. The molecule has 0 saturated carbocycles. The minimum atomic E-state index is -0.255. The molecule has 0 aromatic heterocycles. The SMILES string of the molecule is Cc1ccc(OC2CCNCC2)cc1C1CCC(=O)NC1=O. The van der Waals surface area contributed by atoms with Gasteiger partial charge in [-0.2, -0.15) is 0 Å². The van der Waals surface area contributed by atoms with E-state index in [1.54, 1.807) is 0 Å². The molecule has 2 amide bonds. The zero-order valence-corrected chi connectivity index (χ0v) is 12.9. The second-order valence-electron chi connectivity index (χ2n) is 6.09. The molecule has 1 atom stereocenters. The topological polar surface area (TPSA) is 67.4 Å². The molecule has 3 rings (SSSR count). The molecule has 22 heavy (non-hydrogen) atoms. The van der Waals surface area contributed by atoms with Gasteiger partial charge in [0.15, 0.2) is 0 Å². The van der Waals surface area contributed by atoms with Gasteiger partial charge in [-0.1, -0.05) is 6.07 Å². The highest BCUT2D eigenvalue weighted by Crippen LogP contribution is 2.31.